The molecule has 0 saturated carbocycles. The van der Waals surface area contributed by atoms with Crippen molar-refractivity contribution < 1.29 is 27.1 Å². The van der Waals surface area contributed by atoms with Crippen LogP contribution in [0.15, 0.2) is 57.8 Å². The fraction of sp³-hybridized carbons (Fsp3) is 0.0588. The Morgan fingerprint density at radius 3 is 2.72 bits per heavy atom. The van der Waals surface area contributed by atoms with Gasteiger partial charge in [0.2, 0.25) is 0 Å². The smallest absolute Gasteiger partial charge is 0.416 e. The molecule has 0 atom stereocenters. The van der Waals surface area contributed by atoms with Gasteiger partial charge in [0.25, 0.3) is 0 Å². The molecule has 1 heterocycles. The van der Waals surface area contributed by atoms with Crippen molar-refractivity contribution in [2.45, 2.75) is 6.18 Å². The lowest BCUT2D eigenvalue weighted by molar-refractivity contribution is -0.137. The maximum Gasteiger partial charge on any atom is 0.416 e. The molecule has 0 aliphatic carbocycles. The molecule has 0 aliphatic rings. The van der Waals surface area contributed by atoms with Crippen LogP contribution in [0.5, 0.6) is 5.75 Å². The van der Waals surface area contributed by atoms with Crippen LogP contribution in [0.1, 0.15) is 11.1 Å². The van der Waals surface area contributed by atoms with Crippen molar-refractivity contribution in [2.75, 3.05) is 0 Å². The van der Waals surface area contributed by atoms with Gasteiger partial charge in [-0.15, -0.1) is 0 Å². The Morgan fingerprint density at radius 1 is 1.16 bits per heavy atom. The molecule has 3 aromatic rings. The number of esters is 1. The van der Waals surface area contributed by atoms with Gasteiger partial charge in [-0.25, -0.2) is 9.59 Å². The number of benzene rings is 2. The predicted molar refractivity (Wildman–Crippen MR) is 86.5 cm³/mol. The molecule has 3 rings (SSSR count). The fourth-order valence-electron chi connectivity index (χ4n) is 2.05. The summed E-state index contributed by atoms with van der Waals surface area (Å²) in [5, 5.41) is 0. The molecule has 0 spiro atoms. The second kappa shape index (κ2) is 6.56. The zero-order valence-electron chi connectivity index (χ0n) is 12.4. The highest BCUT2D eigenvalue weighted by Gasteiger charge is 2.30. The Labute approximate surface area is 142 Å². The van der Waals surface area contributed by atoms with Crippen molar-refractivity contribution >= 4 is 33.7 Å². The quantitative estimate of drug-likeness (QED) is 0.389. The summed E-state index contributed by atoms with van der Waals surface area (Å²) in [6, 6.07) is 9.01. The Balaban J connectivity index is 1.73. The number of hydrogen-bond acceptors (Lipinski definition) is 5. The molecule has 0 fully saturated rings. The van der Waals surface area contributed by atoms with Crippen molar-refractivity contribution in [3.05, 3.63) is 69.4 Å². The number of ether oxygens (including phenoxy) is 1. The van der Waals surface area contributed by atoms with Crippen molar-refractivity contribution in [1.82, 2.24) is 0 Å². The summed E-state index contributed by atoms with van der Waals surface area (Å²) in [6.45, 7) is 0. The van der Waals surface area contributed by atoms with Crippen LogP contribution in [0.4, 0.5) is 13.2 Å². The second-order valence-electron chi connectivity index (χ2n) is 4.94. The van der Waals surface area contributed by atoms with Crippen LogP contribution in [-0.2, 0) is 11.0 Å². The minimum Gasteiger partial charge on any atom is -0.423 e. The zero-order valence-corrected chi connectivity index (χ0v) is 13.2. The first-order valence-corrected chi connectivity index (χ1v) is 7.74. The first kappa shape index (κ1) is 17.0. The van der Waals surface area contributed by atoms with E-state index in [-0.39, 0.29) is 11.3 Å². The SMILES string of the molecule is O=C(/C=C\c1cccc(C(F)(F)F)c1)Oc1ccc2sc(=O)oc2c1. The second-order valence-corrected chi connectivity index (χ2v) is 5.92. The van der Waals surface area contributed by atoms with E-state index in [1.165, 1.54) is 30.3 Å². The van der Waals surface area contributed by atoms with E-state index in [1.807, 2.05) is 0 Å². The van der Waals surface area contributed by atoms with Crippen LogP contribution < -0.4 is 9.68 Å². The monoisotopic (exact) mass is 366 g/mol. The van der Waals surface area contributed by atoms with Gasteiger partial charge in [-0.05, 0) is 35.9 Å². The summed E-state index contributed by atoms with van der Waals surface area (Å²) in [5.41, 5.74) is -0.297. The van der Waals surface area contributed by atoms with Gasteiger partial charge >= 0.3 is 17.1 Å². The van der Waals surface area contributed by atoms with Gasteiger partial charge in [0, 0.05) is 12.1 Å². The van der Waals surface area contributed by atoms with Gasteiger partial charge in [-0.3, -0.25) is 0 Å². The highest BCUT2D eigenvalue weighted by Crippen LogP contribution is 2.29. The third-order valence-electron chi connectivity index (χ3n) is 3.15. The third-order valence-corrected chi connectivity index (χ3v) is 3.95. The Kier molecular flexibility index (Phi) is 4.45. The number of halogens is 3. The normalized spacial score (nSPS) is 12.0. The summed E-state index contributed by atoms with van der Waals surface area (Å²) in [5.74, 6) is -0.609. The molecule has 0 saturated heterocycles. The molecule has 0 aliphatic heterocycles. The van der Waals surface area contributed by atoms with Gasteiger partial charge in [0.15, 0.2) is 5.58 Å². The summed E-state index contributed by atoms with van der Waals surface area (Å²) >= 11 is 0.922. The molecule has 2 aromatic carbocycles. The molecular formula is C17H9F3O4S. The molecule has 1 aromatic heterocycles. The van der Waals surface area contributed by atoms with E-state index in [9.17, 15) is 22.8 Å². The van der Waals surface area contributed by atoms with E-state index in [1.54, 1.807) is 6.07 Å². The average molecular weight is 366 g/mol. The predicted octanol–water partition coefficient (Wildman–Crippen LogP) is 4.49. The maximum atomic E-state index is 12.6. The molecule has 25 heavy (non-hydrogen) atoms. The summed E-state index contributed by atoms with van der Waals surface area (Å²) in [4.78, 5) is 22.5. The van der Waals surface area contributed by atoms with E-state index in [0.29, 0.717) is 10.3 Å². The average Bonchev–Trinajstić information content (AvgIpc) is 2.92. The van der Waals surface area contributed by atoms with Crippen LogP contribution in [0.3, 0.4) is 0 Å². The standard InChI is InChI=1S/C17H9F3O4S/c18-17(19,20)11-3-1-2-10(8-11)4-7-15(21)23-12-5-6-14-13(9-12)24-16(22)25-14/h1-9H/b7-4-. The van der Waals surface area contributed by atoms with E-state index in [2.05, 4.69) is 0 Å². The minimum absolute atomic E-state index is 0.160. The first-order valence-electron chi connectivity index (χ1n) is 6.92. The molecule has 0 amide bonds. The van der Waals surface area contributed by atoms with Crippen molar-refractivity contribution in [3.63, 3.8) is 0 Å². The highest BCUT2D eigenvalue weighted by atomic mass is 32.1. The third kappa shape index (κ3) is 4.16. The summed E-state index contributed by atoms with van der Waals surface area (Å²) in [7, 11) is 0. The molecule has 128 valence electrons. The van der Waals surface area contributed by atoms with Gasteiger partial charge in [0.05, 0.1) is 10.3 Å². The number of rotatable bonds is 3. The maximum absolute atomic E-state index is 12.6. The lowest BCUT2D eigenvalue weighted by Gasteiger charge is -2.06. The van der Waals surface area contributed by atoms with Crippen LogP contribution in [0.25, 0.3) is 16.4 Å². The zero-order chi connectivity index (χ0) is 18.0. The topological polar surface area (TPSA) is 56.5 Å². The number of fused-ring (bicyclic) bond motifs is 1. The van der Waals surface area contributed by atoms with Gasteiger partial charge < -0.3 is 9.15 Å². The Morgan fingerprint density at radius 2 is 1.96 bits per heavy atom. The van der Waals surface area contributed by atoms with Gasteiger partial charge in [-0.1, -0.05) is 23.5 Å². The van der Waals surface area contributed by atoms with E-state index < -0.39 is 22.6 Å². The number of alkyl halides is 3. The largest absolute Gasteiger partial charge is 0.423 e. The molecule has 0 N–H and O–H groups in total. The lowest BCUT2D eigenvalue weighted by Crippen LogP contribution is -2.05. The number of hydrogen-bond donors (Lipinski definition) is 0. The number of carbonyl (C=O) groups is 1. The Hall–Kier alpha value is -2.87. The van der Waals surface area contributed by atoms with Crippen LogP contribution >= 0.6 is 11.3 Å². The molecule has 4 nitrogen and oxygen atoms in total. The van der Waals surface area contributed by atoms with Crippen molar-refractivity contribution in [3.8, 4) is 5.75 Å². The van der Waals surface area contributed by atoms with E-state index in [0.717, 1.165) is 29.5 Å². The number of carbonyl (C=O) groups excluding carboxylic acids is 1. The van der Waals surface area contributed by atoms with Gasteiger partial charge in [-0.2, -0.15) is 13.2 Å². The molecular weight excluding hydrogens is 357 g/mol. The van der Waals surface area contributed by atoms with Crippen LogP contribution in [-0.4, -0.2) is 5.97 Å². The fourth-order valence-corrected chi connectivity index (χ4v) is 2.70. The molecule has 8 heteroatoms. The highest BCUT2D eigenvalue weighted by molar-refractivity contribution is 7.16. The van der Waals surface area contributed by atoms with E-state index >= 15 is 0 Å². The molecule has 0 unspecified atom stereocenters. The van der Waals surface area contributed by atoms with Gasteiger partial charge in [0.1, 0.15) is 5.75 Å². The first-order chi connectivity index (χ1) is 11.8. The minimum atomic E-state index is -4.45. The summed E-state index contributed by atoms with van der Waals surface area (Å²) < 4.78 is 48.5. The van der Waals surface area contributed by atoms with Crippen molar-refractivity contribution in [2.24, 2.45) is 0 Å². The van der Waals surface area contributed by atoms with Crippen molar-refractivity contribution in [1.29, 1.82) is 0 Å². The summed E-state index contributed by atoms with van der Waals surface area (Å²) in [6.07, 6.45) is -2.21. The Bertz CT molecular complexity index is 1010. The van der Waals surface area contributed by atoms with Crippen LogP contribution in [0.2, 0.25) is 0 Å². The molecule has 0 bridgehead atoms. The van der Waals surface area contributed by atoms with Crippen LogP contribution in [0, 0.1) is 0 Å². The lowest BCUT2D eigenvalue weighted by atomic mass is 10.1. The van der Waals surface area contributed by atoms with E-state index in [4.69, 9.17) is 9.15 Å². The molecule has 0 radical (unpaired) electrons.